The quantitative estimate of drug-likeness (QED) is 0.269. The summed E-state index contributed by atoms with van der Waals surface area (Å²) in [7, 11) is -4.18. The molecule has 0 spiro atoms. The third-order valence-corrected chi connectivity index (χ3v) is 9.68. The van der Waals surface area contributed by atoms with Crippen LogP contribution in [0, 0.1) is 0 Å². The number of nitrogens with one attached hydrogen (secondary N) is 1. The first-order chi connectivity index (χ1) is 19.7. The minimum Gasteiger partial charge on any atom is -0.352 e. The zero-order valence-corrected chi connectivity index (χ0v) is 25.3. The van der Waals surface area contributed by atoms with E-state index < -0.39 is 28.5 Å². The van der Waals surface area contributed by atoms with Gasteiger partial charge in [-0.1, -0.05) is 91.9 Å². The SMILES string of the molecule is CC[C@H](C(=O)NC1CCCCC1)N(Cc1ccc(Cl)cc1)C(=O)CN(c1ccccc1Cl)S(=O)(=O)c1ccccc1. The molecule has 7 nitrogen and oxygen atoms in total. The Labute approximate surface area is 252 Å². The maximum atomic E-state index is 14.2. The second kappa shape index (κ2) is 14.2. The smallest absolute Gasteiger partial charge is 0.264 e. The number of carbonyl (C=O) groups excluding carboxylic acids is 2. The Morgan fingerprint density at radius 3 is 2.17 bits per heavy atom. The highest BCUT2D eigenvalue weighted by Gasteiger charge is 2.35. The Kier molecular flexibility index (Phi) is 10.7. The summed E-state index contributed by atoms with van der Waals surface area (Å²) >= 11 is 12.6. The van der Waals surface area contributed by atoms with Gasteiger partial charge in [0.2, 0.25) is 11.8 Å². The van der Waals surface area contributed by atoms with E-state index in [4.69, 9.17) is 23.2 Å². The molecule has 218 valence electrons. The van der Waals surface area contributed by atoms with E-state index in [1.165, 1.54) is 17.0 Å². The molecule has 0 bridgehead atoms. The highest BCUT2D eigenvalue weighted by molar-refractivity contribution is 7.92. The van der Waals surface area contributed by atoms with Crippen molar-refractivity contribution in [3.05, 3.63) is 94.5 Å². The number of rotatable bonds is 11. The number of carbonyl (C=O) groups is 2. The van der Waals surface area contributed by atoms with Gasteiger partial charge in [0.05, 0.1) is 15.6 Å². The van der Waals surface area contributed by atoms with E-state index in [-0.39, 0.29) is 34.1 Å². The van der Waals surface area contributed by atoms with Crippen LogP contribution in [-0.2, 0) is 26.2 Å². The van der Waals surface area contributed by atoms with Gasteiger partial charge < -0.3 is 10.2 Å². The molecule has 41 heavy (non-hydrogen) atoms. The Bertz CT molecular complexity index is 1430. The normalized spacial score (nSPS) is 14.7. The fourth-order valence-corrected chi connectivity index (χ4v) is 7.01. The van der Waals surface area contributed by atoms with E-state index in [2.05, 4.69) is 5.32 Å². The van der Waals surface area contributed by atoms with Crippen LogP contribution in [-0.4, -0.2) is 43.8 Å². The fraction of sp³-hybridized carbons (Fsp3) is 0.355. The van der Waals surface area contributed by atoms with E-state index in [9.17, 15) is 18.0 Å². The van der Waals surface area contributed by atoms with Crippen molar-refractivity contribution in [1.29, 1.82) is 0 Å². The van der Waals surface area contributed by atoms with Gasteiger partial charge in [-0.05, 0) is 61.2 Å². The molecule has 3 aromatic carbocycles. The van der Waals surface area contributed by atoms with Gasteiger partial charge in [0.1, 0.15) is 12.6 Å². The molecule has 0 saturated heterocycles. The first kappa shape index (κ1) is 30.9. The number of para-hydroxylation sites is 1. The summed E-state index contributed by atoms with van der Waals surface area (Å²) in [6, 6.07) is 20.7. The summed E-state index contributed by atoms with van der Waals surface area (Å²) in [4.78, 5) is 29.2. The molecule has 2 amide bonds. The van der Waals surface area contributed by atoms with Gasteiger partial charge in [0, 0.05) is 17.6 Å². The van der Waals surface area contributed by atoms with Crippen LogP contribution in [0.1, 0.15) is 51.0 Å². The van der Waals surface area contributed by atoms with Crippen molar-refractivity contribution in [3.8, 4) is 0 Å². The lowest BCUT2D eigenvalue weighted by atomic mass is 9.95. The number of hydrogen-bond donors (Lipinski definition) is 1. The number of nitrogens with zero attached hydrogens (tertiary/aromatic N) is 2. The molecule has 3 aromatic rings. The van der Waals surface area contributed by atoms with E-state index in [0.29, 0.717) is 11.4 Å². The molecule has 0 radical (unpaired) electrons. The molecule has 1 aliphatic carbocycles. The third-order valence-electron chi connectivity index (χ3n) is 7.33. The Morgan fingerprint density at radius 1 is 0.902 bits per heavy atom. The summed E-state index contributed by atoms with van der Waals surface area (Å²) in [6.07, 6.45) is 5.43. The molecule has 4 rings (SSSR count). The molecule has 1 N–H and O–H groups in total. The Balaban J connectivity index is 1.70. The molecule has 1 atom stereocenters. The maximum Gasteiger partial charge on any atom is 0.264 e. The van der Waals surface area contributed by atoms with Crippen LogP contribution in [0.4, 0.5) is 5.69 Å². The lowest BCUT2D eigenvalue weighted by Crippen LogP contribution is -2.54. The van der Waals surface area contributed by atoms with Crippen molar-refractivity contribution in [2.75, 3.05) is 10.8 Å². The van der Waals surface area contributed by atoms with E-state index in [0.717, 1.165) is 42.0 Å². The Morgan fingerprint density at radius 2 is 1.54 bits per heavy atom. The van der Waals surface area contributed by atoms with E-state index >= 15 is 0 Å². The summed E-state index contributed by atoms with van der Waals surface area (Å²) in [6.45, 7) is 1.41. The van der Waals surface area contributed by atoms with Gasteiger partial charge in [0.15, 0.2) is 0 Å². The summed E-state index contributed by atoms with van der Waals surface area (Å²) in [5, 5.41) is 3.88. The molecule has 0 aliphatic heterocycles. The predicted octanol–water partition coefficient (Wildman–Crippen LogP) is 6.45. The van der Waals surface area contributed by atoms with Crippen molar-refractivity contribution >= 4 is 50.7 Å². The molecule has 1 aliphatic rings. The first-order valence-corrected chi connectivity index (χ1v) is 16.1. The van der Waals surface area contributed by atoms with E-state index in [1.807, 2.05) is 6.92 Å². The average Bonchev–Trinajstić information content (AvgIpc) is 2.98. The van der Waals surface area contributed by atoms with Crippen LogP contribution < -0.4 is 9.62 Å². The summed E-state index contributed by atoms with van der Waals surface area (Å²) < 4.78 is 28.8. The minimum atomic E-state index is -4.18. The zero-order valence-electron chi connectivity index (χ0n) is 23.0. The minimum absolute atomic E-state index is 0.0269. The molecular formula is C31H35Cl2N3O4S. The van der Waals surface area contributed by atoms with Crippen molar-refractivity contribution in [2.45, 2.75) is 69.0 Å². The van der Waals surface area contributed by atoms with Gasteiger partial charge in [-0.15, -0.1) is 0 Å². The second-order valence-electron chi connectivity index (χ2n) is 10.2. The lowest BCUT2D eigenvalue weighted by molar-refractivity contribution is -0.140. The zero-order chi connectivity index (χ0) is 29.4. The van der Waals surface area contributed by atoms with Crippen LogP contribution in [0.25, 0.3) is 0 Å². The van der Waals surface area contributed by atoms with Gasteiger partial charge in [-0.25, -0.2) is 8.42 Å². The highest BCUT2D eigenvalue weighted by atomic mass is 35.5. The maximum absolute atomic E-state index is 14.2. The van der Waals surface area contributed by atoms with Gasteiger partial charge in [0.25, 0.3) is 10.0 Å². The third kappa shape index (κ3) is 7.82. The lowest BCUT2D eigenvalue weighted by Gasteiger charge is -2.34. The number of hydrogen-bond acceptors (Lipinski definition) is 4. The summed E-state index contributed by atoms with van der Waals surface area (Å²) in [5.41, 5.74) is 0.944. The van der Waals surface area contributed by atoms with Crippen LogP contribution in [0.3, 0.4) is 0 Å². The van der Waals surface area contributed by atoms with Crippen molar-refractivity contribution in [2.24, 2.45) is 0 Å². The van der Waals surface area contributed by atoms with Gasteiger partial charge >= 0.3 is 0 Å². The summed E-state index contributed by atoms with van der Waals surface area (Å²) in [5.74, 6) is -0.762. The Hall–Kier alpha value is -3.07. The van der Waals surface area contributed by atoms with Crippen LogP contribution in [0.5, 0.6) is 0 Å². The number of halogens is 2. The molecule has 1 fully saturated rings. The average molecular weight is 617 g/mol. The fourth-order valence-electron chi connectivity index (χ4n) is 5.14. The van der Waals surface area contributed by atoms with Gasteiger partial charge in [-0.3, -0.25) is 13.9 Å². The van der Waals surface area contributed by atoms with Crippen molar-refractivity contribution in [3.63, 3.8) is 0 Å². The van der Waals surface area contributed by atoms with Crippen molar-refractivity contribution in [1.82, 2.24) is 10.2 Å². The second-order valence-corrected chi connectivity index (χ2v) is 12.9. The molecule has 1 saturated carbocycles. The number of anilines is 1. The monoisotopic (exact) mass is 615 g/mol. The van der Waals surface area contributed by atoms with E-state index in [1.54, 1.807) is 66.7 Å². The predicted molar refractivity (Wildman–Crippen MR) is 164 cm³/mol. The van der Waals surface area contributed by atoms with Crippen LogP contribution in [0.2, 0.25) is 10.0 Å². The number of sulfonamides is 1. The largest absolute Gasteiger partial charge is 0.352 e. The molecule has 0 aromatic heterocycles. The standard InChI is InChI=1S/C31H35Cl2N3O4S/c1-2-28(31(38)34-25-11-5-3-6-12-25)35(21-23-17-19-24(32)20-18-23)30(37)22-36(29-16-10-9-15-27(29)33)41(39,40)26-13-7-4-8-14-26/h4,7-10,13-20,25,28H,2-3,5-6,11-12,21-22H2,1H3,(H,34,38)/t28-/m1/s1. The number of amides is 2. The molecular weight excluding hydrogens is 581 g/mol. The van der Waals surface area contributed by atoms with Gasteiger partial charge in [-0.2, -0.15) is 0 Å². The molecule has 0 unspecified atom stereocenters. The highest BCUT2D eigenvalue weighted by Crippen LogP contribution is 2.31. The first-order valence-electron chi connectivity index (χ1n) is 13.9. The van der Waals surface area contributed by atoms with Crippen LogP contribution >= 0.6 is 23.2 Å². The molecule has 0 heterocycles. The molecule has 10 heteroatoms. The van der Waals surface area contributed by atoms with Crippen molar-refractivity contribution < 1.29 is 18.0 Å². The van der Waals surface area contributed by atoms with Crippen LogP contribution in [0.15, 0.2) is 83.8 Å². The topological polar surface area (TPSA) is 86.8 Å². The number of benzene rings is 3.